The number of nitrogens with two attached hydrogens (primary N) is 1. The number of carbonyl (C=O) groups excluding carboxylic acids is 1. The third kappa shape index (κ3) is 2.42. The third-order valence-electron chi connectivity index (χ3n) is 3.97. The second-order valence-corrected chi connectivity index (χ2v) is 5.18. The van der Waals surface area contributed by atoms with Crippen LogP contribution in [-0.2, 0) is 0 Å². The van der Waals surface area contributed by atoms with E-state index in [2.05, 4.69) is 10.3 Å². The van der Waals surface area contributed by atoms with Crippen LogP contribution in [-0.4, -0.2) is 44.6 Å². The van der Waals surface area contributed by atoms with Gasteiger partial charge in [0.25, 0.3) is 5.91 Å². The number of rotatable bonds is 2. The molecule has 7 nitrogen and oxygen atoms in total. The van der Waals surface area contributed by atoms with Gasteiger partial charge < -0.3 is 15.8 Å². The smallest absolute Gasteiger partial charge is 0.257 e. The zero-order valence-corrected chi connectivity index (χ0v) is 11.5. The van der Waals surface area contributed by atoms with Gasteiger partial charge in [0.2, 0.25) is 0 Å². The maximum absolute atomic E-state index is 12.6. The quantitative estimate of drug-likeness (QED) is 0.372. The summed E-state index contributed by atoms with van der Waals surface area (Å²) in [6, 6.07) is 5.64. The average Bonchev–Trinajstić information content (AvgIpc) is 2.97. The van der Waals surface area contributed by atoms with Crippen molar-refractivity contribution in [1.29, 1.82) is 0 Å². The van der Waals surface area contributed by atoms with Crippen molar-refractivity contribution in [3.05, 3.63) is 36.2 Å². The molecule has 1 amide bonds. The lowest BCUT2D eigenvalue weighted by Crippen LogP contribution is -2.41. The zero-order chi connectivity index (χ0) is 14.8. The molecular weight excluding hydrogens is 270 g/mol. The molecule has 1 fully saturated rings. The number of aromatic nitrogens is 2. The Kier molecular flexibility index (Phi) is 3.47. The van der Waals surface area contributed by atoms with E-state index in [0.29, 0.717) is 31.5 Å². The van der Waals surface area contributed by atoms with E-state index in [1.54, 1.807) is 15.6 Å². The predicted molar refractivity (Wildman–Crippen MR) is 77.2 cm³/mol. The van der Waals surface area contributed by atoms with Crippen LogP contribution >= 0.6 is 0 Å². The van der Waals surface area contributed by atoms with Gasteiger partial charge in [0.1, 0.15) is 5.84 Å². The summed E-state index contributed by atoms with van der Waals surface area (Å²) in [6.45, 7) is 1.20. The Morgan fingerprint density at radius 1 is 1.38 bits per heavy atom. The molecule has 1 aliphatic heterocycles. The van der Waals surface area contributed by atoms with Gasteiger partial charge in [0.05, 0.1) is 17.3 Å². The molecule has 110 valence electrons. The summed E-state index contributed by atoms with van der Waals surface area (Å²) in [6.07, 6.45) is 4.84. The van der Waals surface area contributed by atoms with Crippen molar-refractivity contribution in [3.8, 4) is 0 Å². The Morgan fingerprint density at radius 3 is 2.86 bits per heavy atom. The molecule has 0 bridgehead atoms. The molecule has 0 saturated carbocycles. The fourth-order valence-corrected chi connectivity index (χ4v) is 2.73. The molecular formula is C14H17N5O2. The number of hydrogen-bond acceptors (Lipinski definition) is 4. The van der Waals surface area contributed by atoms with Crippen LogP contribution in [0.2, 0.25) is 0 Å². The van der Waals surface area contributed by atoms with Crippen molar-refractivity contribution in [1.82, 2.24) is 14.5 Å². The highest BCUT2D eigenvalue weighted by Crippen LogP contribution is 2.20. The minimum Gasteiger partial charge on any atom is -0.409 e. The molecule has 0 atom stereocenters. The Morgan fingerprint density at radius 2 is 2.14 bits per heavy atom. The van der Waals surface area contributed by atoms with E-state index in [1.807, 2.05) is 24.4 Å². The van der Waals surface area contributed by atoms with Crippen LogP contribution in [0, 0.1) is 5.92 Å². The van der Waals surface area contributed by atoms with Crippen molar-refractivity contribution in [2.75, 3.05) is 13.1 Å². The van der Waals surface area contributed by atoms with Gasteiger partial charge in [-0.3, -0.25) is 4.79 Å². The van der Waals surface area contributed by atoms with Crippen LogP contribution in [0.1, 0.15) is 23.2 Å². The van der Waals surface area contributed by atoms with Gasteiger partial charge in [-0.25, -0.2) is 4.52 Å². The lowest BCUT2D eigenvalue weighted by Gasteiger charge is -2.31. The number of likely N-dealkylation sites (tertiary alicyclic amines) is 1. The van der Waals surface area contributed by atoms with Crippen LogP contribution in [0.15, 0.2) is 35.7 Å². The normalized spacial score (nSPS) is 17.3. The average molecular weight is 287 g/mol. The van der Waals surface area contributed by atoms with Crippen LogP contribution in [0.25, 0.3) is 5.52 Å². The molecule has 3 rings (SSSR count). The number of nitrogens with zero attached hydrogens (tertiary/aromatic N) is 4. The van der Waals surface area contributed by atoms with E-state index in [0.717, 1.165) is 5.52 Å². The molecule has 2 aromatic rings. The molecule has 7 heteroatoms. The summed E-state index contributed by atoms with van der Waals surface area (Å²) in [5.74, 6) is 0.273. The first-order valence-electron chi connectivity index (χ1n) is 6.89. The highest BCUT2D eigenvalue weighted by Gasteiger charge is 2.27. The highest BCUT2D eigenvalue weighted by molar-refractivity contribution is 6.00. The van der Waals surface area contributed by atoms with Crippen LogP contribution in [0.4, 0.5) is 0 Å². The molecule has 0 unspecified atom stereocenters. The SMILES string of the molecule is N/C(=N/O)C1CCN(C(=O)c2cnn3ccccc23)CC1. The largest absolute Gasteiger partial charge is 0.409 e. The van der Waals surface area contributed by atoms with E-state index in [1.165, 1.54) is 0 Å². The molecule has 0 spiro atoms. The number of piperidine rings is 1. The maximum atomic E-state index is 12.6. The summed E-state index contributed by atoms with van der Waals surface area (Å²) in [4.78, 5) is 14.4. The summed E-state index contributed by atoms with van der Waals surface area (Å²) in [5, 5.41) is 15.9. The summed E-state index contributed by atoms with van der Waals surface area (Å²) < 4.78 is 1.69. The standard InChI is InChI=1S/C14H17N5O2/c15-13(17-21)10-4-7-18(8-5-10)14(20)11-9-16-19-6-2-1-3-12(11)19/h1-3,6,9-10,21H,4-5,7-8H2,(H2,15,17). The molecule has 3 N–H and O–H groups in total. The number of fused-ring (bicyclic) bond motifs is 1. The lowest BCUT2D eigenvalue weighted by atomic mass is 9.95. The molecule has 21 heavy (non-hydrogen) atoms. The van der Waals surface area contributed by atoms with Crippen molar-refractivity contribution in [2.45, 2.75) is 12.8 Å². The van der Waals surface area contributed by atoms with Gasteiger partial charge in [-0.05, 0) is 25.0 Å². The monoisotopic (exact) mass is 287 g/mol. The van der Waals surface area contributed by atoms with E-state index in [-0.39, 0.29) is 17.7 Å². The fourth-order valence-electron chi connectivity index (χ4n) is 2.73. The third-order valence-corrected chi connectivity index (χ3v) is 3.97. The zero-order valence-electron chi connectivity index (χ0n) is 11.5. The fraction of sp³-hybridized carbons (Fsp3) is 0.357. The van der Waals surface area contributed by atoms with Gasteiger partial charge in [-0.15, -0.1) is 0 Å². The maximum Gasteiger partial charge on any atom is 0.257 e. The van der Waals surface area contributed by atoms with Gasteiger partial charge in [-0.2, -0.15) is 5.10 Å². The Labute approximate surface area is 121 Å². The number of hydrogen-bond donors (Lipinski definition) is 2. The number of amidine groups is 1. The number of pyridine rings is 1. The molecule has 3 heterocycles. The Bertz CT molecular complexity index is 685. The van der Waals surface area contributed by atoms with Gasteiger partial charge >= 0.3 is 0 Å². The first-order valence-corrected chi connectivity index (χ1v) is 6.89. The molecule has 2 aromatic heterocycles. The lowest BCUT2D eigenvalue weighted by molar-refractivity contribution is 0.0711. The molecule has 0 radical (unpaired) electrons. The minimum atomic E-state index is -0.0193. The second kappa shape index (κ2) is 5.43. The van der Waals surface area contributed by atoms with Crippen LogP contribution in [0.3, 0.4) is 0 Å². The molecule has 0 aromatic carbocycles. The number of oxime groups is 1. The van der Waals surface area contributed by atoms with Crippen LogP contribution < -0.4 is 5.73 Å². The van der Waals surface area contributed by atoms with Gasteiger partial charge in [0.15, 0.2) is 0 Å². The minimum absolute atomic E-state index is 0.0193. The number of carbonyl (C=O) groups is 1. The van der Waals surface area contributed by atoms with E-state index < -0.39 is 0 Å². The first-order chi connectivity index (χ1) is 10.2. The van der Waals surface area contributed by atoms with Crippen molar-refractivity contribution >= 4 is 17.3 Å². The highest BCUT2D eigenvalue weighted by atomic mass is 16.4. The Hall–Kier alpha value is -2.57. The van der Waals surface area contributed by atoms with Crippen molar-refractivity contribution in [2.24, 2.45) is 16.8 Å². The molecule has 1 saturated heterocycles. The molecule has 0 aliphatic carbocycles. The first kappa shape index (κ1) is 13.4. The van der Waals surface area contributed by atoms with Crippen molar-refractivity contribution in [3.63, 3.8) is 0 Å². The van der Waals surface area contributed by atoms with Gasteiger partial charge in [-0.1, -0.05) is 11.2 Å². The van der Waals surface area contributed by atoms with E-state index in [4.69, 9.17) is 10.9 Å². The molecule has 1 aliphatic rings. The summed E-state index contributed by atoms with van der Waals surface area (Å²) in [7, 11) is 0. The summed E-state index contributed by atoms with van der Waals surface area (Å²) in [5.41, 5.74) is 7.04. The Balaban J connectivity index is 1.75. The van der Waals surface area contributed by atoms with Gasteiger partial charge in [0, 0.05) is 25.2 Å². The van der Waals surface area contributed by atoms with Crippen molar-refractivity contribution < 1.29 is 10.0 Å². The van der Waals surface area contributed by atoms with E-state index >= 15 is 0 Å². The second-order valence-electron chi connectivity index (χ2n) is 5.18. The topological polar surface area (TPSA) is 96.2 Å². The number of amides is 1. The van der Waals surface area contributed by atoms with Crippen LogP contribution in [0.5, 0.6) is 0 Å². The predicted octanol–water partition coefficient (Wildman–Crippen LogP) is 0.933. The van der Waals surface area contributed by atoms with E-state index in [9.17, 15) is 4.79 Å². The summed E-state index contributed by atoms with van der Waals surface area (Å²) >= 11 is 0.